The first kappa shape index (κ1) is 16.0. The summed E-state index contributed by atoms with van der Waals surface area (Å²) < 4.78 is 7.12. The summed E-state index contributed by atoms with van der Waals surface area (Å²) in [5.41, 5.74) is 0.930. The number of hydrogen-bond acceptors (Lipinski definition) is 4. The largest absolute Gasteiger partial charge is 0.439 e. The van der Waals surface area contributed by atoms with Crippen molar-refractivity contribution < 1.29 is 4.74 Å². The number of anilines is 1. The molecule has 1 aromatic heterocycles. The van der Waals surface area contributed by atoms with Gasteiger partial charge in [0, 0.05) is 16.0 Å². The van der Waals surface area contributed by atoms with E-state index in [-0.39, 0.29) is 5.92 Å². The third kappa shape index (κ3) is 4.06. The molecule has 0 amide bonds. The number of halogens is 1. The van der Waals surface area contributed by atoms with Crippen molar-refractivity contribution in [1.29, 1.82) is 0 Å². The maximum Gasteiger partial charge on any atom is 0.227 e. The molecule has 1 heterocycles. The van der Waals surface area contributed by atoms with Gasteiger partial charge in [-0.25, -0.2) is 4.98 Å². The van der Waals surface area contributed by atoms with E-state index in [1.54, 1.807) is 0 Å². The molecular weight excluding hydrogens is 377 g/mol. The monoisotopic (exact) mass is 397 g/mol. The highest BCUT2D eigenvalue weighted by Crippen LogP contribution is 2.29. The van der Waals surface area contributed by atoms with E-state index >= 15 is 0 Å². The van der Waals surface area contributed by atoms with Gasteiger partial charge in [0.1, 0.15) is 17.4 Å². The van der Waals surface area contributed by atoms with Crippen LogP contribution in [0.25, 0.3) is 0 Å². The molecule has 0 fully saturated rings. The predicted molar refractivity (Wildman–Crippen MR) is 94.3 cm³/mol. The molecule has 4 nitrogen and oxygen atoms in total. The normalized spacial score (nSPS) is 10.8. The van der Waals surface area contributed by atoms with Crippen LogP contribution in [0.4, 0.5) is 5.82 Å². The van der Waals surface area contributed by atoms with Crippen LogP contribution in [0.5, 0.6) is 11.6 Å². The summed E-state index contributed by atoms with van der Waals surface area (Å²) in [5, 5.41) is 3.27. The molecule has 0 saturated carbocycles. The van der Waals surface area contributed by atoms with E-state index in [4.69, 9.17) is 4.74 Å². The Balaban J connectivity index is 2.38. The van der Waals surface area contributed by atoms with E-state index in [2.05, 4.69) is 58.6 Å². The number of ether oxygens (including phenoxy) is 1. The van der Waals surface area contributed by atoms with Crippen LogP contribution in [0.2, 0.25) is 0 Å². The molecule has 0 aliphatic carbocycles. The van der Waals surface area contributed by atoms with Gasteiger partial charge in [-0.15, -0.1) is 0 Å². The highest BCUT2D eigenvalue weighted by molar-refractivity contribution is 14.1. The van der Waals surface area contributed by atoms with Gasteiger partial charge in [0.25, 0.3) is 0 Å². The number of benzene rings is 1. The van der Waals surface area contributed by atoms with Crippen molar-refractivity contribution in [2.45, 2.75) is 33.6 Å². The van der Waals surface area contributed by atoms with E-state index in [1.165, 1.54) is 3.57 Å². The summed E-state index contributed by atoms with van der Waals surface area (Å²) in [7, 11) is 0. The lowest BCUT2D eigenvalue weighted by atomic mass is 10.2. The molecular formula is C16H20IN3O. The van der Waals surface area contributed by atoms with E-state index in [0.29, 0.717) is 5.88 Å². The maximum absolute atomic E-state index is 5.95. The summed E-state index contributed by atoms with van der Waals surface area (Å²) >= 11 is 2.27. The van der Waals surface area contributed by atoms with Crippen molar-refractivity contribution in [3.05, 3.63) is 39.2 Å². The molecule has 2 rings (SSSR count). The molecule has 1 N–H and O–H groups in total. The predicted octanol–water partition coefficient (Wildman–Crippen LogP) is 4.74. The summed E-state index contributed by atoms with van der Waals surface area (Å²) in [6.45, 7) is 9.00. The molecule has 0 aliphatic rings. The van der Waals surface area contributed by atoms with E-state index in [9.17, 15) is 0 Å². The second-order valence-corrected chi connectivity index (χ2v) is 6.35. The van der Waals surface area contributed by atoms with Crippen LogP contribution < -0.4 is 10.1 Å². The van der Waals surface area contributed by atoms with Gasteiger partial charge < -0.3 is 10.1 Å². The Labute approximate surface area is 139 Å². The van der Waals surface area contributed by atoms with Crippen molar-refractivity contribution in [2.75, 3.05) is 11.9 Å². The lowest BCUT2D eigenvalue weighted by molar-refractivity contribution is 0.453. The summed E-state index contributed by atoms with van der Waals surface area (Å²) in [5.74, 6) is 3.29. The molecule has 0 aliphatic heterocycles. The van der Waals surface area contributed by atoms with Gasteiger partial charge >= 0.3 is 0 Å². The van der Waals surface area contributed by atoms with Gasteiger partial charge in [-0.05, 0) is 60.7 Å². The van der Waals surface area contributed by atoms with Crippen LogP contribution in [-0.2, 0) is 0 Å². The van der Waals surface area contributed by atoms with Gasteiger partial charge in [-0.2, -0.15) is 4.98 Å². The lowest BCUT2D eigenvalue weighted by Gasteiger charge is -2.15. The molecule has 21 heavy (non-hydrogen) atoms. The van der Waals surface area contributed by atoms with Crippen LogP contribution >= 0.6 is 22.6 Å². The topological polar surface area (TPSA) is 47.0 Å². The lowest BCUT2D eigenvalue weighted by Crippen LogP contribution is -2.08. The van der Waals surface area contributed by atoms with Crippen LogP contribution in [0.3, 0.4) is 0 Å². The Morgan fingerprint density at radius 1 is 1.19 bits per heavy atom. The fourth-order valence-electron chi connectivity index (χ4n) is 1.82. The summed E-state index contributed by atoms with van der Waals surface area (Å²) in [4.78, 5) is 9.13. The van der Waals surface area contributed by atoms with E-state index < -0.39 is 0 Å². The van der Waals surface area contributed by atoms with Crippen LogP contribution in [0.15, 0.2) is 24.3 Å². The Kier molecular flexibility index (Phi) is 5.39. The Hall–Kier alpha value is -1.37. The molecule has 2 aromatic rings. The van der Waals surface area contributed by atoms with E-state index in [0.717, 1.165) is 29.5 Å². The van der Waals surface area contributed by atoms with Gasteiger partial charge in [-0.1, -0.05) is 13.8 Å². The zero-order valence-corrected chi connectivity index (χ0v) is 14.9. The fraction of sp³-hybridized carbons (Fsp3) is 0.375. The standard InChI is InChI=1S/C16H20IN3O/c1-5-18-15-11(4)16(20-14(19-15)10(2)3)21-13-8-6-12(17)7-9-13/h6-10H,5H2,1-4H3,(H,18,19,20). The van der Waals surface area contributed by atoms with E-state index in [1.807, 2.05) is 31.2 Å². The van der Waals surface area contributed by atoms with Crippen LogP contribution in [0, 0.1) is 10.5 Å². The number of nitrogens with one attached hydrogen (secondary N) is 1. The first-order valence-corrected chi connectivity index (χ1v) is 8.15. The van der Waals surface area contributed by atoms with Crippen molar-refractivity contribution in [1.82, 2.24) is 9.97 Å². The molecule has 0 spiro atoms. The number of aromatic nitrogens is 2. The molecule has 0 saturated heterocycles. The summed E-state index contributed by atoms with van der Waals surface area (Å²) in [6, 6.07) is 7.93. The molecule has 0 unspecified atom stereocenters. The fourth-order valence-corrected chi connectivity index (χ4v) is 2.18. The molecule has 5 heteroatoms. The van der Waals surface area contributed by atoms with Crippen molar-refractivity contribution in [3.8, 4) is 11.6 Å². The minimum absolute atomic E-state index is 0.252. The quantitative estimate of drug-likeness (QED) is 0.741. The van der Waals surface area contributed by atoms with Gasteiger partial charge in [0.2, 0.25) is 5.88 Å². The Morgan fingerprint density at radius 2 is 1.86 bits per heavy atom. The first-order valence-electron chi connectivity index (χ1n) is 7.07. The Bertz CT molecular complexity index is 612. The molecule has 0 atom stereocenters. The van der Waals surface area contributed by atoms with Crippen molar-refractivity contribution >= 4 is 28.4 Å². The Morgan fingerprint density at radius 3 is 2.43 bits per heavy atom. The number of nitrogens with zero attached hydrogens (tertiary/aromatic N) is 2. The smallest absolute Gasteiger partial charge is 0.227 e. The molecule has 0 radical (unpaired) electrons. The third-order valence-electron chi connectivity index (χ3n) is 3.01. The minimum atomic E-state index is 0.252. The summed E-state index contributed by atoms with van der Waals surface area (Å²) in [6.07, 6.45) is 0. The number of hydrogen-bond donors (Lipinski definition) is 1. The minimum Gasteiger partial charge on any atom is -0.439 e. The van der Waals surface area contributed by atoms with Crippen molar-refractivity contribution in [3.63, 3.8) is 0 Å². The third-order valence-corrected chi connectivity index (χ3v) is 3.73. The highest BCUT2D eigenvalue weighted by atomic mass is 127. The van der Waals surface area contributed by atoms with Gasteiger partial charge in [0.05, 0.1) is 5.56 Å². The van der Waals surface area contributed by atoms with Crippen molar-refractivity contribution in [2.24, 2.45) is 0 Å². The maximum atomic E-state index is 5.95. The zero-order chi connectivity index (χ0) is 15.4. The van der Waals surface area contributed by atoms with Crippen LogP contribution in [-0.4, -0.2) is 16.5 Å². The molecule has 0 bridgehead atoms. The second kappa shape index (κ2) is 7.06. The SMILES string of the molecule is CCNc1nc(C(C)C)nc(Oc2ccc(I)cc2)c1C. The first-order chi connectivity index (χ1) is 10.0. The zero-order valence-electron chi connectivity index (χ0n) is 12.8. The van der Waals surface area contributed by atoms with Gasteiger partial charge in [-0.3, -0.25) is 0 Å². The van der Waals surface area contributed by atoms with Gasteiger partial charge in [0.15, 0.2) is 0 Å². The average molecular weight is 397 g/mol. The highest BCUT2D eigenvalue weighted by Gasteiger charge is 2.14. The number of rotatable bonds is 5. The van der Waals surface area contributed by atoms with Crippen LogP contribution in [0.1, 0.15) is 38.1 Å². The second-order valence-electron chi connectivity index (χ2n) is 5.10. The average Bonchev–Trinajstić information content (AvgIpc) is 2.45. The molecule has 112 valence electrons. The molecule has 1 aromatic carbocycles.